The Hall–Kier alpha value is -5.26. The normalized spacial score (nSPS) is 13.8. The number of methoxy groups -OCH3 is 3. The summed E-state index contributed by atoms with van der Waals surface area (Å²) in [6, 6.07) is 28.5. The zero-order valence-corrected chi connectivity index (χ0v) is 28.1. The second-order valence-corrected chi connectivity index (χ2v) is 11.7. The molecule has 1 aliphatic rings. The summed E-state index contributed by atoms with van der Waals surface area (Å²) in [4.78, 5) is 37.4. The molecule has 11 heteroatoms. The summed E-state index contributed by atoms with van der Waals surface area (Å²) in [5, 5.41) is 11.3. The second kappa shape index (κ2) is 17.2. The average molecular weight is 670 g/mol. The maximum Gasteiger partial charge on any atom is 0.528 e. The SMILES string of the molecule is COc1ccc(CN2CCN(C(=O)[C@@H](Cc3ccc(O)cc3)N(Cc3ccccc3)OC(=O)OCc3ccccc3)CC2)c(OC)c1OC. The van der Waals surface area contributed by atoms with Gasteiger partial charge in [-0.3, -0.25) is 9.69 Å². The first-order valence-electron chi connectivity index (χ1n) is 16.1. The van der Waals surface area contributed by atoms with Gasteiger partial charge in [-0.15, -0.1) is 5.06 Å². The minimum Gasteiger partial charge on any atom is -0.508 e. The summed E-state index contributed by atoms with van der Waals surface area (Å²) in [5.74, 6) is 1.68. The van der Waals surface area contributed by atoms with E-state index in [0.29, 0.717) is 50.0 Å². The van der Waals surface area contributed by atoms with E-state index in [2.05, 4.69) is 4.90 Å². The van der Waals surface area contributed by atoms with Crippen LogP contribution >= 0.6 is 0 Å². The third kappa shape index (κ3) is 9.43. The van der Waals surface area contributed by atoms with Crippen molar-refractivity contribution in [3.8, 4) is 23.0 Å². The lowest BCUT2D eigenvalue weighted by atomic mass is 10.0. The molecule has 1 fully saturated rings. The number of hydrogen-bond donors (Lipinski definition) is 1. The molecule has 1 atom stereocenters. The van der Waals surface area contributed by atoms with Crippen molar-refractivity contribution in [1.29, 1.82) is 0 Å². The molecule has 1 N–H and O–H groups in total. The Balaban J connectivity index is 1.34. The number of nitrogens with zero attached hydrogens (tertiary/aromatic N) is 3. The Kier molecular flexibility index (Phi) is 12.3. The van der Waals surface area contributed by atoms with Crippen LogP contribution in [0.15, 0.2) is 97.1 Å². The van der Waals surface area contributed by atoms with Crippen molar-refractivity contribution < 1.29 is 38.5 Å². The molecule has 4 aromatic carbocycles. The first kappa shape index (κ1) is 35.1. The molecule has 5 rings (SSSR count). The Labute approximate surface area is 287 Å². The number of amides is 1. The number of benzene rings is 4. The number of hydrogen-bond acceptors (Lipinski definition) is 10. The molecule has 0 bridgehead atoms. The highest BCUT2D eigenvalue weighted by Gasteiger charge is 2.35. The summed E-state index contributed by atoms with van der Waals surface area (Å²) < 4.78 is 22.1. The van der Waals surface area contributed by atoms with Crippen LogP contribution in [0.3, 0.4) is 0 Å². The van der Waals surface area contributed by atoms with Crippen LogP contribution in [0.2, 0.25) is 0 Å². The van der Waals surface area contributed by atoms with Gasteiger partial charge in [0.25, 0.3) is 0 Å². The fraction of sp³-hybridized carbons (Fsp3) is 0.316. The molecule has 11 nitrogen and oxygen atoms in total. The monoisotopic (exact) mass is 669 g/mol. The van der Waals surface area contributed by atoms with E-state index in [0.717, 1.165) is 22.3 Å². The molecule has 0 spiro atoms. The molecular weight excluding hydrogens is 626 g/mol. The van der Waals surface area contributed by atoms with Crippen LogP contribution in [0.25, 0.3) is 0 Å². The average Bonchev–Trinajstić information content (AvgIpc) is 3.14. The van der Waals surface area contributed by atoms with Gasteiger partial charge in [0.1, 0.15) is 18.4 Å². The van der Waals surface area contributed by atoms with Crippen molar-refractivity contribution in [3.63, 3.8) is 0 Å². The fourth-order valence-electron chi connectivity index (χ4n) is 5.84. The van der Waals surface area contributed by atoms with Crippen LogP contribution in [0.4, 0.5) is 4.79 Å². The van der Waals surface area contributed by atoms with E-state index >= 15 is 0 Å². The topological polar surface area (TPSA) is 110 Å². The Morgan fingerprint density at radius 1 is 0.735 bits per heavy atom. The van der Waals surface area contributed by atoms with Crippen molar-refractivity contribution in [2.45, 2.75) is 32.2 Å². The van der Waals surface area contributed by atoms with Crippen LogP contribution in [-0.4, -0.2) is 85.6 Å². The highest BCUT2D eigenvalue weighted by Crippen LogP contribution is 2.40. The van der Waals surface area contributed by atoms with Gasteiger partial charge in [0.15, 0.2) is 11.5 Å². The molecule has 49 heavy (non-hydrogen) atoms. The Morgan fingerprint density at radius 2 is 1.37 bits per heavy atom. The van der Waals surface area contributed by atoms with Crippen molar-refractivity contribution in [2.75, 3.05) is 47.5 Å². The van der Waals surface area contributed by atoms with E-state index in [1.54, 1.807) is 45.6 Å². The summed E-state index contributed by atoms with van der Waals surface area (Å²) in [5.41, 5.74) is 3.42. The van der Waals surface area contributed by atoms with E-state index in [1.165, 1.54) is 5.06 Å². The molecule has 1 amide bonds. The molecule has 0 unspecified atom stereocenters. The van der Waals surface area contributed by atoms with Crippen molar-refractivity contribution in [2.24, 2.45) is 0 Å². The molecule has 258 valence electrons. The highest BCUT2D eigenvalue weighted by molar-refractivity contribution is 5.82. The standard InChI is InChI=1S/C38H43N3O8/c1-45-34-19-16-31(35(46-2)36(34)47-3)26-39-20-22-40(23-21-39)37(43)33(24-28-14-17-32(42)18-15-28)41(25-29-10-6-4-7-11-29)49-38(44)48-27-30-12-8-5-9-13-30/h4-19,33,42H,20-27H2,1-3H3/t33-/m1/s1. The predicted molar refractivity (Wildman–Crippen MR) is 183 cm³/mol. The van der Waals surface area contributed by atoms with Gasteiger partial charge in [0, 0.05) is 44.7 Å². The molecule has 0 aromatic heterocycles. The summed E-state index contributed by atoms with van der Waals surface area (Å²) in [6.45, 7) is 2.97. The number of hydroxylamine groups is 2. The molecule has 1 saturated heterocycles. The van der Waals surface area contributed by atoms with Gasteiger partial charge in [-0.25, -0.2) is 4.79 Å². The predicted octanol–water partition coefficient (Wildman–Crippen LogP) is 5.44. The minimum atomic E-state index is -0.906. The Bertz CT molecular complexity index is 1650. The van der Waals surface area contributed by atoms with Gasteiger partial charge in [0.05, 0.1) is 27.9 Å². The maximum absolute atomic E-state index is 14.4. The van der Waals surface area contributed by atoms with Gasteiger partial charge < -0.3 is 33.8 Å². The van der Waals surface area contributed by atoms with Crippen LogP contribution < -0.4 is 14.2 Å². The third-order valence-corrected chi connectivity index (χ3v) is 8.43. The first-order chi connectivity index (χ1) is 23.9. The van der Waals surface area contributed by atoms with Crippen LogP contribution in [-0.2, 0) is 40.5 Å². The van der Waals surface area contributed by atoms with E-state index in [-0.39, 0.29) is 31.2 Å². The smallest absolute Gasteiger partial charge is 0.508 e. The lowest BCUT2D eigenvalue weighted by Crippen LogP contribution is -2.55. The van der Waals surface area contributed by atoms with Gasteiger partial charge >= 0.3 is 6.16 Å². The van der Waals surface area contributed by atoms with Crippen molar-refractivity contribution in [1.82, 2.24) is 14.9 Å². The molecule has 0 aliphatic carbocycles. The quantitative estimate of drug-likeness (QED) is 0.138. The zero-order valence-electron chi connectivity index (χ0n) is 28.1. The minimum absolute atomic E-state index is 0.0300. The highest BCUT2D eigenvalue weighted by atomic mass is 16.8. The van der Waals surface area contributed by atoms with E-state index in [1.807, 2.05) is 77.7 Å². The number of ether oxygens (including phenoxy) is 4. The molecular formula is C38H43N3O8. The molecule has 0 radical (unpaired) electrons. The van der Waals surface area contributed by atoms with E-state index in [9.17, 15) is 14.7 Å². The summed E-state index contributed by atoms with van der Waals surface area (Å²) in [7, 11) is 4.77. The number of carbonyl (C=O) groups is 2. The number of piperazine rings is 1. The zero-order chi connectivity index (χ0) is 34.6. The molecule has 4 aromatic rings. The summed E-state index contributed by atoms with van der Waals surface area (Å²) >= 11 is 0. The molecule has 1 aliphatic heterocycles. The Morgan fingerprint density at radius 3 is 1.98 bits per heavy atom. The van der Waals surface area contributed by atoms with Crippen LogP contribution in [0.5, 0.6) is 23.0 Å². The number of rotatable bonds is 14. The second-order valence-electron chi connectivity index (χ2n) is 11.7. The van der Waals surface area contributed by atoms with E-state index in [4.69, 9.17) is 23.8 Å². The first-order valence-corrected chi connectivity index (χ1v) is 16.1. The largest absolute Gasteiger partial charge is 0.528 e. The summed E-state index contributed by atoms with van der Waals surface area (Å²) in [6.07, 6.45) is -0.669. The van der Waals surface area contributed by atoms with Gasteiger partial charge in [-0.1, -0.05) is 78.9 Å². The van der Waals surface area contributed by atoms with Gasteiger partial charge in [-0.05, 0) is 34.9 Å². The van der Waals surface area contributed by atoms with Crippen LogP contribution in [0.1, 0.15) is 22.3 Å². The van der Waals surface area contributed by atoms with Crippen molar-refractivity contribution in [3.05, 3.63) is 119 Å². The van der Waals surface area contributed by atoms with E-state index < -0.39 is 12.2 Å². The number of phenols is 1. The lowest BCUT2D eigenvalue weighted by Gasteiger charge is -2.38. The maximum atomic E-state index is 14.4. The number of carbonyl (C=O) groups excluding carboxylic acids is 2. The molecule has 0 saturated carbocycles. The third-order valence-electron chi connectivity index (χ3n) is 8.43. The number of aromatic hydroxyl groups is 1. The molecule has 1 heterocycles. The van der Waals surface area contributed by atoms with Crippen LogP contribution in [0, 0.1) is 0 Å². The fourth-order valence-corrected chi connectivity index (χ4v) is 5.84. The van der Waals surface area contributed by atoms with Crippen molar-refractivity contribution >= 4 is 12.1 Å². The lowest BCUT2D eigenvalue weighted by molar-refractivity contribution is -0.180. The van der Waals surface area contributed by atoms with Gasteiger partial charge in [0.2, 0.25) is 11.7 Å². The number of phenolic OH excluding ortho intramolecular Hbond substituents is 1. The van der Waals surface area contributed by atoms with Gasteiger partial charge in [-0.2, -0.15) is 0 Å².